The second-order valence-corrected chi connectivity index (χ2v) is 14.4. The van der Waals surface area contributed by atoms with Crippen LogP contribution in [0.5, 0.6) is 0 Å². The van der Waals surface area contributed by atoms with Crippen LogP contribution in [0.3, 0.4) is 0 Å². The summed E-state index contributed by atoms with van der Waals surface area (Å²) < 4.78 is 15.0. The highest BCUT2D eigenvalue weighted by molar-refractivity contribution is 6.00. The Balaban J connectivity index is 0.936. The maximum Gasteiger partial charge on any atom is 0.412 e. The van der Waals surface area contributed by atoms with Crippen LogP contribution in [0, 0.1) is 0 Å². The number of anilines is 1. The molecule has 3 fully saturated rings. The molecule has 0 radical (unpaired) electrons. The highest BCUT2D eigenvalue weighted by atomic mass is 16.6. The molecule has 3 aliphatic heterocycles. The summed E-state index contributed by atoms with van der Waals surface area (Å²) in [4.78, 5) is 54.2. The van der Waals surface area contributed by atoms with Gasteiger partial charge < -0.3 is 9.47 Å². The van der Waals surface area contributed by atoms with Crippen molar-refractivity contribution < 1.29 is 23.9 Å². The number of carbonyl (C=O) groups is 3. The van der Waals surface area contributed by atoms with E-state index >= 15 is 0 Å². The van der Waals surface area contributed by atoms with Crippen LogP contribution in [-0.2, 0) is 39.2 Å². The summed E-state index contributed by atoms with van der Waals surface area (Å²) in [5.41, 5.74) is 3.79. The van der Waals surface area contributed by atoms with Crippen LogP contribution >= 0.6 is 0 Å². The van der Waals surface area contributed by atoms with Gasteiger partial charge in [0.05, 0.1) is 23.2 Å². The van der Waals surface area contributed by atoms with Gasteiger partial charge in [-0.05, 0) is 88.3 Å². The second kappa shape index (κ2) is 14.2. The average Bonchev–Trinajstić information content (AvgIpc) is 3.28. The fourth-order valence-electron chi connectivity index (χ4n) is 7.05. The van der Waals surface area contributed by atoms with Crippen LogP contribution in [0.1, 0.15) is 76.5 Å². The lowest BCUT2D eigenvalue weighted by Gasteiger charge is -2.37. The third kappa shape index (κ3) is 8.16. The summed E-state index contributed by atoms with van der Waals surface area (Å²) in [6.07, 6.45) is 4.70. The highest BCUT2D eigenvalue weighted by Gasteiger charge is 2.31. The molecule has 258 valence electrons. The van der Waals surface area contributed by atoms with Crippen molar-refractivity contribution in [2.75, 3.05) is 31.5 Å². The summed E-state index contributed by atoms with van der Waals surface area (Å²) in [5, 5.41) is 5.15. The van der Waals surface area contributed by atoms with Gasteiger partial charge in [0, 0.05) is 58.4 Å². The molecule has 6 rings (SSSR count). The predicted molar refractivity (Wildman–Crippen MR) is 183 cm³/mol. The number of aryl methyl sites for hydroxylation is 1. The van der Waals surface area contributed by atoms with E-state index in [1.54, 1.807) is 11.6 Å². The van der Waals surface area contributed by atoms with Crippen molar-refractivity contribution in [3.63, 3.8) is 0 Å². The van der Waals surface area contributed by atoms with Crippen LogP contribution in [0.15, 0.2) is 47.3 Å². The highest BCUT2D eigenvalue weighted by Crippen LogP contribution is 2.26. The lowest BCUT2D eigenvalue weighted by molar-refractivity contribution is -0.135. The molecule has 2 aromatic carbocycles. The molecule has 1 unspecified atom stereocenters. The minimum absolute atomic E-state index is 0.226. The number of amides is 3. The molecule has 12 nitrogen and oxygen atoms in total. The number of likely N-dealkylation sites (tertiary alicyclic amines) is 2. The third-order valence-electron chi connectivity index (χ3n) is 9.54. The molecule has 4 heterocycles. The van der Waals surface area contributed by atoms with Gasteiger partial charge in [-0.1, -0.05) is 18.2 Å². The Bertz CT molecular complexity index is 1690. The van der Waals surface area contributed by atoms with E-state index in [2.05, 4.69) is 32.6 Å². The number of hydrogen-bond acceptors (Lipinski definition) is 8. The molecule has 48 heavy (non-hydrogen) atoms. The number of benzene rings is 2. The van der Waals surface area contributed by atoms with Gasteiger partial charge in [-0.15, -0.1) is 0 Å². The van der Waals surface area contributed by atoms with Gasteiger partial charge in [0.1, 0.15) is 11.6 Å². The second-order valence-electron chi connectivity index (χ2n) is 14.4. The largest absolute Gasteiger partial charge is 0.444 e. The van der Waals surface area contributed by atoms with Gasteiger partial charge in [-0.2, -0.15) is 0 Å². The number of rotatable bonds is 8. The first-order valence-corrected chi connectivity index (χ1v) is 17.1. The van der Waals surface area contributed by atoms with E-state index in [0.717, 1.165) is 81.7 Å². The summed E-state index contributed by atoms with van der Waals surface area (Å²) >= 11 is 0. The van der Waals surface area contributed by atoms with Crippen molar-refractivity contribution in [2.45, 2.75) is 96.2 Å². The molecule has 2 N–H and O–H groups in total. The number of imidazole rings is 1. The summed E-state index contributed by atoms with van der Waals surface area (Å²) in [6.45, 7) is 11.1. The van der Waals surface area contributed by atoms with Crippen LogP contribution in [0.2, 0.25) is 0 Å². The van der Waals surface area contributed by atoms with E-state index < -0.39 is 23.6 Å². The zero-order valence-electron chi connectivity index (χ0n) is 28.5. The van der Waals surface area contributed by atoms with Crippen LogP contribution in [0.4, 0.5) is 10.5 Å². The van der Waals surface area contributed by atoms with Gasteiger partial charge in [-0.3, -0.25) is 39.2 Å². The first kappa shape index (κ1) is 33.9. The van der Waals surface area contributed by atoms with Crippen LogP contribution < -0.4 is 16.3 Å². The SMILES string of the molecule is Cn1c(=O)n(C2CCC(=O)NC2=O)c2ccc(CN3CCC(OC4CCN(Cc5ccc(NC(=O)OC(C)(C)C)cc5)CC4)CC3)cc21. The third-order valence-corrected chi connectivity index (χ3v) is 9.54. The Morgan fingerprint density at radius 1 is 0.833 bits per heavy atom. The number of hydrogen-bond donors (Lipinski definition) is 2. The van der Waals surface area contributed by atoms with E-state index in [1.165, 1.54) is 10.1 Å². The molecule has 0 aliphatic carbocycles. The number of aromatic nitrogens is 2. The Morgan fingerprint density at radius 3 is 2.00 bits per heavy atom. The lowest BCUT2D eigenvalue weighted by Crippen LogP contribution is -2.44. The van der Waals surface area contributed by atoms with Gasteiger partial charge in [0.2, 0.25) is 11.8 Å². The summed E-state index contributed by atoms with van der Waals surface area (Å²) in [5.74, 6) is -0.711. The number of nitrogens with zero attached hydrogens (tertiary/aromatic N) is 4. The zero-order valence-corrected chi connectivity index (χ0v) is 28.5. The quantitative estimate of drug-likeness (QED) is 0.343. The monoisotopic (exact) mass is 660 g/mol. The molecule has 1 aromatic heterocycles. The average molecular weight is 661 g/mol. The standard InChI is InChI=1S/C36H48N6O6/c1-36(2,3)48-34(45)37-26-8-5-24(6-9-26)22-40-17-13-27(14-18-40)47-28-15-19-41(20-16-28)23-25-7-10-29-31(21-25)39(4)35(46)42(29)30-11-12-32(43)38-33(30)44/h5-10,21,27-28,30H,11-20,22-23H2,1-4H3,(H,37,45)(H,38,43,44). The molecule has 3 aromatic rings. The smallest absolute Gasteiger partial charge is 0.412 e. The molecule has 3 amide bonds. The maximum absolute atomic E-state index is 13.1. The minimum Gasteiger partial charge on any atom is -0.444 e. The predicted octanol–water partition coefficient (Wildman–Crippen LogP) is 4.31. The fourth-order valence-corrected chi connectivity index (χ4v) is 7.05. The molecule has 12 heteroatoms. The van der Waals surface area contributed by atoms with E-state index in [0.29, 0.717) is 11.9 Å². The topological polar surface area (TPSA) is 127 Å². The zero-order chi connectivity index (χ0) is 34.0. The van der Waals surface area contributed by atoms with Gasteiger partial charge in [0.25, 0.3) is 0 Å². The molecule has 3 saturated heterocycles. The number of fused-ring (bicyclic) bond motifs is 1. The normalized spacial score (nSPS) is 20.6. The van der Waals surface area contributed by atoms with Crippen molar-refractivity contribution in [1.82, 2.24) is 24.3 Å². The summed E-state index contributed by atoms with van der Waals surface area (Å²) in [6, 6.07) is 13.3. The summed E-state index contributed by atoms with van der Waals surface area (Å²) in [7, 11) is 1.73. The van der Waals surface area contributed by atoms with E-state index in [-0.39, 0.29) is 30.2 Å². The maximum atomic E-state index is 13.1. The molecule has 3 aliphatic rings. The Labute approximate surface area is 281 Å². The van der Waals surface area contributed by atoms with E-state index in [4.69, 9.17) is 9.47 Å². The Kier molecular flexibility index (Phi) is 10.0. The van der Waals surface area contributed by atoms with E-state index in [9.17, 15) is 19.2 Å². The first-order valence-electron chi connectivity index (χ1n) is 17.1. The van der Waals surface area contributed by atoms with E-state index in [1.807, 2.05) is 51.1 Å². The Hall–Kier alpha value is -4.00. The van der Waals surface area contributed by atoms with Crippen molar-refractivity contribution in [3.8, 4) is 0 Å². The molecule has 0 bridgehead atoms. The first-order chi connectivity index (χ1) is 22.9. The lowest BCUT2D eigenvalue weighted by atomic mass is 10.0. The van der Waals surface area contributed by atoms with Gasteiger partial charge >= 0.3 is 11.8 Å². The molecule has 0 saturated carbocycles. The van der Waals surface area contributed by atoms with Crippen LogP contribution in [-0.4, -0.2) is 80.8 Å². The van der Waals surface area contributed by atoms with Gasteiger partial charge in [0.15, 0.2) is 0 Å². The number of piperidine rings is 3. The number of imide groups is 1. The number of ether oxygens (including phenoxy) is 2. The molecular weight excluding hydrogens is 612 g/mol. The molecule has 1 atom stereocenters. The van der Waals surface area contributed by atoms with Crippen molar-refractivity contribution in [1.29, 1.82) is 0 Å². The van der Waals surface area contributed by atoms with Crippen molar-refractivity contribution >= 4 is 34.6 Å². The Morgan fingerprint density at radius 2 is 1.42 bits per heavy atom. The minimum atomic E-state index is -0.676. The van der Waals surface area contributed by atoms with Gasteiger partial charge in [-0.25, -0.2) is 9.59 Å². The van der Waals surface area contributed by atoms with Crippen molar-refractivity contribution in [2.24, 2.45) is 7.05 Å². The van der Waals surface area contributed by atoms with Crippen molar-refractivity contribution in [3.05, 3.63) is 64.1 Å². The number of nitrogens with one attached hydrogen (secondary N) is 2. The van der Waals surface area contributed by atoms with Crippen LogP contribution in [0.25, 0.3) is 11.0 Å². The molecule has 0 spiro atoms. The fraction of sp³-hybridized carbons (Fsp3) is 0.556. The number of carbonyl (C=O) groups excluding carboxylic acids is 3. The molecular formula is C36H48N6O6.